The number of fused-ring (bicyclic) bond motifs is 1. The van der Waals surface area contributed by atoms with Crippen LogP contribution in [0.5, 0.6) is 11.5 Å². The van der Waals surface area contributed by atoms with Crippen LogP contribution in [0, 0.1) is 0 Å². The molecule has 0 radical (unpaired) electrons. The maximum absolute atomic E-state index is 13.0. The molecule has 4 rings (SSSR count). The highest BCUT2D eigenvalue weighted by molar-refractivity contribution is 6.32. The smallest absolute Gasteiger partial charge is 0.247 e. The molecule has 1 aliphatic rings. The van der Waals surface area contributed by atoms with Crippen LogP contribution in [0.4, 0.5) is 0 Å². The van der Waals surface area contributed by atoms with Crippen LogP contribution in [-0.4, -0.2) is 41.0 Å². The second-order valence-corrected chi connectivity index (χ2v) is 7.95. The molecule has 0 aliphatic carbocycles. The molecule has 1 fully saturated rings. The van der Waals surface area contributed by atoms with Crippen LogP contribution in [0.2, 0.25) is 5.02 Å². The number of benzene rings is 2. The number of para-hydroxylation sites is 2. The molecule has 1 saturated heterocycles. The number of amides is 1. The first kappa shape index (κ1) is 21.2. The third kappa shape index (κ3) is 4.54. The molecule has 1 aromatic heterocycles. The van der Waals surface area contributed by atoms with Crippen molar-refractivity contribution in [3.63, 3.8) is 0 Å². The average Bonchev–Trinajstić information content (AvgIpc) is 3.43. The van der Waals surface area contributed by atoms with E-state index in [1.54, 1.807) is 25.3 Å². The number of ether oxygens (including phenoxy) is 2. The van der Waals surface area contributed by atoms with E-state index in [9.17, 15) is 4.79 Å². The fourth-order valence-electron chi connectivity index (χ4n) is 3.89. The van der Waals surface area contributed by atoms with Crippen LogP contribution in [0.25, 0.3) is 17.1 Å². The lowest BCUT2D eigenvalue weighted by Gasteiger charge is -2.21. The first-order valence-corrected chi connectivity index (χ1v) is 10.9. The van der Waals surface area contributed by atoms with Crippen LogP contribution >= 0.6 is 11.6 Å². The lowest BCUT2D eigenvalue weighted by atomic mass is 10.1. The molecule has 1 amide bonds. The first-order chi connectivity index (χ1) is 15.1. The maximum atomic E-state index is 13.0. The highest BCUT2D eigenvalue weighted by Crippen LogP contribution is 2.37. The number of halogens is 1. The van der Waals surface area contributed by atoms with Crippen molar-refractivity contribution in [2.75, 3.05) is 20.3 Å². The number of carbonyl (C=O) groups is 1. The minimum atomic E-state index is -0.0515. The summed E-state index contributed by atoms with van der Waals surface area (Å²) < 4.78 is 11.1. The molecule has 2 heterocycles. The number of imidazole rings is 1. The van der Waals surface area contributed by atoms with Gasteiger partial charge in [0, 0.05) is 12.6 Å². The van der Waals surface area contributed by atoms with Crippen molar-refractivity contribution in [1.82, 2.24) is 14.9 Å². The third-order valence-corrected chi connectivity index (χ3v) is 5.66. The Morgan fingerprint density at radius 3 is 2.97 bits per heavy atom. The van der Waals surface area contributed by atoms with E-state index >= 15 is 0 Å². The zero-order chi connectivity index (χ0) is 21.8. The number of likely N-dealkylation sites (tertiary alicyclic amines) is 1. The molecule has 0 saturated carbocycles. The summed E-state index contributed by atoms with van der Waals surface area (Å²) in [5, 5.41) is 0.459. The second kappa shape index (κ2) is 9.43. The van der Waals surface area contributed by atoms with E-state index in [1.807, 2.05) is 42.2 Å². The fraction of sp³-hybridized carbons (Fsp3) is 0.333. The Morgan fingerprint density at radius 1 is 1.35 bits per heavy atom. The van der Waals surface area contributed by atoms with Gasteiger partial charge < -0.3 is 19.4 Å². The zero-order valence-electron chi connectivity index (χ0n) is 17.7. The molecule has 162 valence electrons. The van der Waals surface area contributed by atoms with Crippen molar-refractivity contribution in [3.05, 3.63) is 58.9 Å². The van der Waals surface area contributed by atoms with Gasteiger partial charge in [-0.05, 0) is 55.2 Å². The molecule has 1 N–H and O–H groups in total. The summed E-state index contributed by atoms with van der Waals surface area (Å²) in [6.45, 7) is 3.29. The van der Waals surface area contributed by atoms with Gasteiger partial charge in [-0.15, -0.1) is 0 Å². The summed E-state index contributed by atoms with van der Waals surface area (Å²) in [6, 6.07) is 11.5. The molecule has 0 spiro atoms. The van der Waals surface area contributed by atoms with E-state index in [0.717, 1.165) is 41.7 Å². The van der Waals surface area contributed by atoms with Gasteiger partial charge in [0.1, 0.15) is 5.82 Å². The SMILES string of the molecule is CCCOc1c(Cl)cc(C=CC(=O)N2CCCC2c2nc3ccccc3[nH]2)cc1OC. The number of aromatic nitrogens is 2. The van der Waals surface area contributed by atoms with E-state index in [-0.39, 0.29) is 11.9 Å². The average molecular weight is 440 g/mol. The zero-order valence-corrected chi connectivity index (χ0v) is 18.5. The molecular weight excluding hydrogens is 414 g/mol. The topological polar surface area (TPSA) is 67.5 Å². The van der Waals surface area contributed by atoms with Gasteiger partial charge in [0.05, 0.1) is 35.8 Å². The number of H-pyrrole nitrogens is 1. The number of hydrogen-bond donors (Lipinski definition) is 1. The summed E-state index contributed by atoms with van der Waals surface area (Å²) in [6.07, 6.45) is 6.05. The molecule has 6 nitrogen and oxygen atoms in total. The standard InChI is InChI=1S/C24H26ClN3O3/c1-3-13-31-23-17(25)14-16(15-21(23)30-2)10-11-22(29)28-12-6-9-20(28)24-26-18-7-4-5-8-19(18)27-24/h4-5,7-8,10-11,14-15,20H,3,6,9,12-13H2,1-2H3,(H,26,27). The van der Waals surface area contributed by atoms with Crippen LogP contribution in [0.15, 0.2) is 42.5 Å². The highest BCUT2D eigenvalue weighted by atomic mass is 35.5. The van der Waals surface area contributed by atoms with E-state index in [2.05, 4.69) is 4.98 Å². The van der Waals surface area contributed by atoms with E-state index in [1.165, 1.54) is 0 Å². The molecule has 1 aliphatic heterocycles. The summed E-state index contributed by atoms with van der Waals surface area (Å²) in [4.78, 5) is 22.9. The molecule has 1 atom stereocenters. The fourth-order valence-corrected chi connectivity index (χ4v) is 4.16. The monoisotopic (exact) mass is 439 g/mol. The lowest BCUT2D eigenvalue weighted by Crippen LogP contribution is -2.29. The number of aromatic amines is 1. The van der Waals surface area contributed by atoms with Gasteiger partial charge in [-0.1, -0.05) is 30.7 Å². The van der Waals surface area contributed by atoms with Crippen LogP contribution in [0.3, 0.4) is 0 Å². The maximum Gasteiger partial charge on any atom is 0.247 e. The van der Waals surface area contributed by atoms with Crippen molar-refractivity contribution >= 4 is 34.6 Å². The molecule has 1 unspecified atom stereocenters. The number of rotatable bonds is 7. The van der Waals surface area contributed by atoms with Crippen molar-refractivity contribution in [3.8, 4) is 11.5 Å². The van der Waals surface area contributed by atoms with Crippen LogP contribution in [-0.2, 0) is 4.79 Å². The van der Waals surface area contributed by atoms with Crippen molar-refractivity contribution in [2.24, 2.45) is 0 Å². The predicted octanol–water partition coefficient (Wildman–Crippen LogP) is 5.39. The largest absolute Gasteiger partial charge is 0.493 e. The molecule has 0 bridgehead atoms. The minimum absolute atomic E-state index is 0.0486. The number of nitrogens with zero attached hydrogens (tertiary/aromatic N) is 2. The van der Waals surface area contributed by atoms with Crippen LogP contribution < -0.4 is 9.47 Å². The number of hydrogen-bond acceptors (Lipinski definition) is 4. The summed E-state index contributed by atoms with van der Waals surface area (Å²) in [5.41, 5.74) is 2.68. The summed E-state index contributed by atoms with van der Waals surface area (Å²) in [7, 11) is 1.57. The van der Waals surface area contributed by atoms with Gasteiger partial charge in [-0.3, -0.25) is 4.79 Å². The Bertz CT molecular complexity index is 1080. The van der Waals surface area contributed by atoms with Crippen molar-refractivity contribution in [1.29, 1.82) is 0 Å². The molecular formula is C24H26ClN3O3. The Labute approximate surface area is 186 Å². The van der Waals surface area contributed by atoms with Crippen molar-refractivity contribution < 1.29 is 14.3 Å². The predicted molar refractivity (Wildman–Crippen MR) is 123 cm³/mol. The lowest BCUT2D eigenvalue weighted by molar-refractivity contribution is -0.126. The third-order valence-electron chi connectivity index (χ3n) is 5.38. The van der Waals surface area contributed by atoms with E-state index in [0.29, 0.717) is 29.7 Å². The highest BCUT2D eigenvalue weighted by Gasteiger charge is 2.31. The molecule has 7 heteroatoms. The Kier molecular flexibility index (Phi) is 6.47. The quantitative estimate of drug-likeness (QED) is 0.501. The van der Waals surface area contributed by atoms with Crippen LogP contribution in [0.1, 0.15) is 43.6 Å². The summed E-state index contributed by atoms with van der Waals surface area (Å²) in [5.74, 6) is 1.86. The molecule has 3 aromatic rings. The van der Waals surface area contributed by atoms with Gasteiger partial charge in [0.2, 0.25) is 5.91 Å². The van der Waals surface area contributed by atoms with Gasteiger partial charge in [0.15, 0.2) is 11.5 Å². The minimum Gasteiger partial charge on any atom is -0.493 e. The Hall–Kier alpha value is -2.99. The number of methoxy groups -OCH3 is 1. The van der Waals surface area contributed by atoms with Gasteiger partial charge >= 0.3 is 0 Å². The molecule has 2 aromatic carbocycles. The van der Waals surface area contributed by atoms with E-state index in [4.69, 9.17) is 26.1 Å². The Balaban J connectivity index is 1.52. The van der Waals surface area contributed by atoms with E-state index < -0.39 is 0 Å². The number of nitrogens with one attached hydrogen (secondary N) is 1. The first-order valence-electron chi connectivity index (χ1n) is 10.5. The van der Waals surface area contributed by atoms with Crippen molar-refractivity contribution in [2.45, 2.75) is 32.2 Å². The van der Waals surface area contributed by atoms with Gasteiger partial charge in [-0.25, -0.2) is 4.98 Å². The molecule has 31 heavy (non-hydrogen) atoms. The summed E-state index contributed by atoms with van der Waals surface area (Å²) >= 11 is 6.39. The second-order valence-electron chi connectivity index (χ2n) is 7.54. The normalized spacial score (nSPS) is 16.4. The number of carbonyl (C=O) groups excluding carboxylic acids is 1. The Morgan fingerprint density at radius 2 is 2.19 bits per heavy atom. The van der Waals surface area contributed by atoms with Gasteiger partial charge in [0.25, 0.3) is 0 Å². The van der Waals surface area contributed by atoms with Gasteiger partial charge in [-0.2, -0.15) is 0 Å².